The van der Waals surface area contributed by atoms with E-state index in [-0.39, 0.29) is 30.2 Å². The van der Waals surface area contributed by atoms with E-state index in [2.05, 4.69) is 4.98 Å². The van der Waals surface area contributed by atoms with Gasteiger partial charge in [0.2, 0.25) is 11.8 Å². The minimum absolute atomic E-state index is 0.0620. The van der Waals surface area contributed by atoms with E-state index in [4.69, 9.17) is 4.42 Å². The Balaban J connectivity index is 1.59. The second kappa shape index (κ2) is 7.13. The maximum atomic E-state index is 12.9. The summed E-state index contributed by atoms with van der Waals surface area (Å²) < 4.78 is 18.3. The first-order valence-electron chi connectivity index (χ1n) is 8.15. The van der Waals surface area contributed by atoms with Gasteiger partial charge in [0.25, 0.3) is 0 Å². The van der Waals surface area contributed by atoms with Crippen LogP contribution in [0.25, 0.3) is 11.5 Å². The average molecular weight is 332 g/mol. The maximum absolute atomic E-state index is 12.9. The van der Waals surface area contributed by atoms with Gasteiger partial charge < -0.3 is 14.4 Å². The van der Waals surface area contributed by atoms with Crippen molar-refractivity contribution in [3.05, 3.63) is 42.0 Å². The predicted octanol–water partition coefficient (Wildman–Crippen LogP) is 2.64. The number of aliphatic hydroxyl groups excluding tert-OH is 1. The molecule has 1 aromatic carbocycles. The molecule has 1 heterocycles. The van der Waals surface area contributed by atoms with Crippen LogP contribution >= 0.6 is 0 Å². The Morgan fingerprint density at radius 1 is 1.38 bits per heavy atom. The fourth-order valence-corrected chi connectivity index (χ4v) is 3.09. The van der Waals surface area contributed by atoms with Crippen molar-refractivity contribution in [2.45, 2.75) is 31.8 Å². The van der Waals surface area contributed by atoms with E-state index in [1.165, 1.54) is 18.4 Å². The van der Waals surface area contributed by atoms with Gasteiger partial charge in [-0.25, -0.2) is 9.37 Å². The lowest BCUT2D eigenvalue weighted by Crippen LogP contribution is -2.35. The van der Waals surface area contributed by atoms with Gasteiger partial charge in [-0.15, -0.1) is 0 Å². The highest BCUT2D eigenvalue weighted by Crippen LogP contribution is 2.26. The Kier molecular flexibility index (Phi) is 4.94. The smallest absolute Gasteiger partial charge is 0.228 e. The van der Waals surface area contributed by atoms with Crippen LogP contribution in [0.2, 0.25) is 0 Å². The molecule has 2 unspecified atom stereocenters. The standard InChI is InChI=1S/C18H21FN2O3/c1-21(10-13-3-2-4-16(13)22)17(23)9-15-11-24-18(20-15)12-5-7-14(19)8-6-12/h5-8,11,13,16,22H,2-4,9-10H2,1H3. The lowest BCUT2D eigenvalue weighted by molar-refractivity contribution is -0.130. The second-order valence-corrected chi connectivity index (χ2v) is 6.36. The summed E-state index contributed by atoms with van der Waals surface area (Å²) >= 11 is 0. The molecule has 6 heteroatoms. The molecule has 1 N–H and O–H groups in total. The molecule has 1 aliphatic rings. The molecule has 0 bridgehead atoms. The van der Waals surface area contributed by atoms with Crippen molar-refractivity contribution in [2.75, 3.05) is 13.6 Å². The van der Waals surface area contributed by atoms with Crippen molar-refractivity contribution < 1.29 is 18.7 Å². The van der Waals surface area contributed by atoms with Crippen molar-refractivity contribution >= 4 is 5.91 Å². The Bertz CT molecular complexity index is 699. The number of aliphatic hydroxyl groups is 1. The van der Waals surface area contributed by atoms with Crippen LogP contribution in [0.4, 0.5) is 4.39 Å². The third-order valence-corrected chi connectivity index (χ3v) is 4.53. The lowest BCUT2D eigenvalue weighted by atomic mass is 10.1. The second-order valence-electron chi connectivity index (χ2n) is 6.36. The number of oxazole rings is 1. The molecule has 0 saturated heterocycles. The van der Waals surface area contributed by atoms with E-state index in [1.807, 2.05) is 0 Å². The normalized spacial score (nSPS) is 20.3. The Hall–Kier alpha value is -2.21. The fourth-order valence-electron chi connectivity index (χ4n) is 3.09. The highest BCUT2D eigenvalue weighted by atomic mass is 19.1. The van der Waals surface area contributed by atoms with Gasteiger partial charge in [0.15, 0.2) is 0 Å². The van der Waals surface area contributed by atoms with E-state index in [9.17, 15) is 14.3 Å². The molecule has 0 spiro atoms. The molecule has 1 fully saturated rings. The van der Waals surface area contributed by atoms with Crippen LogP contribution in [-0.2, 0) is 11.2 Å². The largest absolute Gasteiger partial charge is 0.444 e. The van der Waals surface area contributed by atoms with Crippen molar-refractivity contribution in [3.8, 4) is 11.5 Å². The molecule has 128 valence electrons. The average Bonchev–Trinajstić information content (AvgIpc) is 3.18. The number of nitrogens with zero attached hydrogens (tertiary/aromatic N) is 2. The SMILES string of the molecule is CN(CC1CCCC1O)C(=O)Cc1coc(-c2ccc(F)cc2)n1. The number of halogens is 1. The number of hydrogen-bond acceptors (Lipinski definition) is 4. The van der Waals surface area contributed by atoms with Gasteiger partial charge >= 0.3 is 0 Å². The summed E-state index contributed by atoms with van der Waals surface area (Å²) in [7, 11) is 1.74. The van der Waals surface area contributed by atoms with Gasteiger partial charge in [-0.2, -0.15) is 0 Å². The van der Waals surface area contributed by atoms with E-state index in [1.54, 1.807) is 24.1 Å². The summed E-state index contributed by atoms with van der Waals surface area (Å²) in [4.78, 5) is 18.2. The van der Waals surface area contributed by atoms with Gasteiger partial charge in [0.05, 0.1) is 18.2 Å². The molecule has 24 heavy (non-hydrogen) atoms. The molecule has 5 nitrogen and oxygen atoms in total. The molecule has 0 radical (unpaired) electrons. The fraction of sp³-hybridized carbons (Fsp3) is 0.444. The number of hydrogen-bond donors (Lipinski definition) is 1. The predicted molar refractivity (Wildman–Crippen MR) is 86.6 cm³/mol. The van der Waals surface area contributed by atoms with Crippen LogP contribution in [0.3, 0.4) is 0 Å². The van der Waals surface area contributed by atoms with Crippen LogP contribution in [0, 0.1) is 11.7 Å². The minimum Gasteiger partial charge on any atom is -0.444 e. The Morgan fingerprint density at radius 2 is 2.12 bits per heavy atom. The molecule has 2 atom stereocenters. The zero-order valence-electron chi connectivity index (χ0n) is 13.6. The summed E-state index contributed by atoms with van der Waals surface area (Å²) in [5, 5.41) is 9.87. The van der Waals surface area contributed by atoms with E-state index < -0.39 is 0 Å². The first-order valence-corrected chi connectivity index (χ1v) is 8.15. The third kappa shape index (κ3) is 3.82. The number of carbonyl (C=O) groups is 1. The number of aromatic nitrogens is 1. The van der Waals surface area contributed by atoms with E-state index in [0.717, 1.165) is 19.3 Å². The molecule has 1 saturated carbocycles. The molecule has 0 aliphatic heterocycles. The monoisotopic (exact) mass is 332 g/mol. The van der Waals surface area contributed by atoms with Gasteiger partial charge in [0, 0.05) is 25.1 Å². The first-order chi connectivity index (χ1) is 11.5. The summed E-state index contributed by atoms with van der Waals surface area (Å²) in [5.74, 6) is 0.141. The highest BCUT2D eigenvalue weighted by molar-refractivity contribution is 5.78. The topological polar surface area (TPSA) is 66.6 Å². The zero-order chi connectivity index (χ0) is 17.1. The molecule has 1 aromatic heterocycles. The van der Waals surface area contributed by atoms with Gasteiger partial charge in [-0.3, -0.25) is 4.79 Å². The van der Waals surface area contributed by atoms with Crippen molar-refractivity contribution in [1.82, 2.24) is 9.88 Å². The van der Waals surface area contributed by atoms with Crippen LogP contribution in [-0.4, -0.2) is 40.6 Å². The summed E-state index contributed by atoms with van der Waals surface area (Å²) in [6.07, 6.45) is 4.07. The molecule has 1 amide bonds. The highest BCUT2D eigenvalue weighted by Gasteiger charge is 2.27. The van der Waals surface area contributed by atoms with E-state index in [0.29, 0.717) is 23.7 Å². The van der Waals surface area contributed by atoms with Gasteiger partial charge in [0.1, 0.15) is 12.1 Å². The van der Waals surface area contributed by atoms with Gasteiger partial charge in [-0.1, -0.05) is 6.42 Å². The van der Waals surface area contributed by atoms with Crippen LogP contribution in [0.5, 0.6) is 0 Å². The molecule has 1 aliphatic carbocycles. The van der Waals surface area contributed by atoms with Crippen LogP contribution in [0.15, 0.2) is 34.9 Å². The molecule has 3 rings (SSSR count). The van der Waals surface area contributed by atoms with E-state index >= 15 is 0 Å². The summed E-state index contributed by atoms with van der Waals surface area (Å²) in [5.41, 5.74) is 1.20. The van der Waals surface area contributed by atoms with Crippen molar-refractivity contribution in [2.24, 2.45) is 5.92 Å². The van der Waals surface area contributed by atoms with Crippen molar-refractivity contribution in [3.63, 3.8) is 0 Å². The van der Waals surface area contributed by atoms with Crippen LogP contribution < -0.4 is 0 Å². The third-order valence-electron chi connectivity index (χ3n) is 4.53. The molecular weight excluding hydrogens is 311 g/mol. The Labute approximate surface area is 140 Å². The van der Waals surface area contributed by atoms with Crippen molar-refractivity contribution in [1.29, 1.82) is 0 Å². The summed E-state index contributed by atoms with van der Waals surface area (Å²) in [6.45, 7) is 0.558. The quantitative estimate of drug-likeness (QED) is 0.914. The first kappa shape index (κ1) is 16.6. The van der Waals surface area contributed by atoms with Gasteiger partial charge in [-0.05, 0) is 37.1 Å². The number of likely N-dealkylation sites (N-methyl/N-ethyl adjacent to an activating group) is 1. The lowest BCUT2D eigenvalue weighted by Gasteiger charge is -2.23. The minimum atomic E-state index is -0.323. The number of amides is 1. The zero-order valence-corrected chi connectivity index (χ0v) is 13.6. The molecular formula is C18H21FN2O3. The van der Waals surface area contributed by atoms with Crippen LogP contribution in [0.1, 0.15) is 25.0 Å². The number of benzene rings is 1. The number of carbonyl (C=O) groups excluding carboxylic acids is 1. The number of rotatable bonds is 5. The Morgan fingerprint density at radius 3 is 2.79 bits per heavy atom. The molecule has 2 aromatic rings. The maximum Gasteiger partial charge on any atom is 0.228 e. The summed E-state index contributed by atoms with van der Waals surface area (Å²) in [6, 6.07) is 5.84.